The van der Waals surface area contributed by atoms with Gasteiger partial charge in [0.15, 0.2) is 0 Å². The van der Waals surface area contributed by atoms with Gasteiger partial charge in [-0.25, -0.2) is 4.98 Å². The number of hydrogen-bond donors (Lipinski definition) is 0. The second-order valence-corrected chi connectivity index (χ2v) is 7.49. The number of carbonyl (C=O) groups excluding carboxylic acids is 1. The second kappa shape index (κ2) is 6.71. The average molecular weight is 330 g/mol. The van der Waals surface area contributed by atoms with Crippen molar-refractivity contribution in [2.45, 2.75) is 51.0 Å². The first kappa shape index (κ1) is 15.9. The molecule has 130 valence electrons. The summed E-state index contributed by atoms with van der Waals surface area (Å²) in [5.41, 5.74) is 1.22. The molecular weight excluding hydrogens is 304 g/mol. The van der Waals surface area contributed by atoms with Gasteiger partial charge in [0.05, 0.1) is 13.2 Å². The first-order chi connectivity index (χ1) is 11.7. The number of carbonyl (C=O) groups is 1. The standard InChI is InChI=1S/C19H26N2O3/c22-18(21-10-7-19(8-11-21)5-1-2-6-19)15-3-9-20-17(13-15)24-16-4-12-23-14-16/h3,9,13,16H,1-2,4-8,10-12,14H2/t16-/m0/s1. The van der Waals surface area contributed by atoms with Crippen LogP contribution in [0.5, 0.6) is 5.88 Å². The maximum atomic E-state index is 12.8. The van der Waals surface area contributed by atoms with Crippen LogP contribution in [-0.4, -0.2) is 48.2 Å². The van der Waals surface area contributed by atoms with Crippen molar-refractivity contribution in [3.05, 3.63) is 23.9 Å². The maximum Gasteiger partial charge on any atom is 0.254 e. The number of amides is 1. The van der Waals surface area contributed by atoms with Crippen LogP contribution in [0.1, 0.15) is 55.3 Å². The highest BCUT2D eigenvalue weighted by Gasteiger charge is 2.38. The number of pyridine rings is 1. The van der Waals surface area contributed by atoms with E-state index in [1.807, 2.05) is 4.90 Å². The monoisotopic (exact) mass is 330 g/mol. The summed E-state index contributed by atoms with van der Waals surface area (Å²) in [6, 6.07) is 3.57. The number of ether oxygens (including phenoxy) is 2. The number of piperidine rings is 1. The molecular formula is C19H26N2O3. The van der Waals surface area contributed by atoms with Gasteiger partial charge in [0, 0.05) is 37.3 Å². The predicted octanol–water partition coefficient (Wildman–Crippen LogP) is 3.05. The summed E-state index contributed by atoms with van der Waals surface area (Å²) in [5.74, 6) is 0.637. The van der Waals surface area contributed by atoms with E-state index in [9.17, 15) is 4.79 Å². The Morgan fingerprint density at radius 3 is 2.75 bits per heavy atom. The van der Waals surface area contributed by atoms with Gasteiger partial charge in [-0.1, -0.05) is 12.8 Å². The molecule has 1 aromatic rings. The van der Waals surface area contributed by atoms with E-state index in [-0.39, 0.29) is 12.0 Å². The summed E-state index contributed by atoms with van der Waals surface area (Å²) in [6.07, 6.45) is 10.4. The molecule has 24 heavy (non-hydrogen) atoms. The molecule has 1 saturated carbocycles. The van der Waals surface area contributed by atoms with Crippen molar-refractivity contribution in [1.29, 1.82) is 0 Å². The summed E-state index contributed by atoms with van der Waals surface area (Å²) in [6.45, 7) is 3.11. The number of aromatic nitrogens is 1. The minimum atomic E-state index is 0.0556. The maximum absolute atomic E-state index is 12.8. The van der Waals surface area contributed by atoms with Gasteiger partial charge >= 0.3 is 0 Å². The molecule has 0 bridgehead atoms. The number of nitrogens with zero attached hydrogens (tertiary/aromatic N) is 2. The lowest BCUT2D eigenvalue weighted by atomic mass is 9.77. The van der Waals surface area contributed by atoms with Gasteiger partial charge in [-0.05, 0) is 37.2 Å². The Morgan fingerprint density at radius 1 is 1.25 bits per heavy atom. The van der Waals surface area contributed by atoms with Crippen LogP contribution in [0.4, 0.5) is 0 Å². The van der Waals surface area contributed by atoms with E-state index < -0.39 is 0 Å². The predicted molar refractivity (Wildman–Crippen MR) is 90.1 cm³/mol. The van der Waals surface area contributed by atoms with Crippen LogP contribution >= 0.6 is 0 Å². The quantitative estimate of drug-likeness (QED) is 0.855. The van der Waals surface area contributed by atoms with Gasteiger partial charge in [-0.3, -0.25) is 4.79 Å². The van der Waals surface area contributed by atoms with Crippen molar-refractivity contribution >= 4 is 5.91 Å². The van der Waals surface area contributed by atoms with Crippen molar-refractivity contribution in [2.75, 3.05) is 26.3 Å². The van der Waals surface area contributed by atoms with E-state index in [2.05, 4.69) is 4.98 Å². The Balaban J connectivity index is 1.39. The zero-order valence-electron chi connectivity index (χ0n) is 14.2. The molecule has 0 N–H and O–H groups in total. The largest absolute Gasteiger partial charge is 0.472 e. The van der Waals surface area contributed by atoms with Gasteiger partial charge < -0.3 is 14.4 Å². The zero-order valence-corrected chi connectivity index (χ0v) is 14.2. The fourth-order valence-corrected chi connectivity index (χ4v) is 4.38. The Hall–Kier alpha value is -1.62. The minimum absolute atomic E-state index is 0.0556. The smallest absolute Gasteiger partial charge is 0.254 e. The number of rotatable bonds is 3. The summed E-state index contributed by atoms with van der Waals surface area (Å²) in [5, 5.41) is 0. The van der Waals surface area contributed by atoms with Gasteiger partial charge in [0.1, 0.15) is 6.10 Å². The molecule has 1 aliphatic carbocycles. The average Bonchev–Trinajstić information content (AvgIpc) is 3.28. The SMILES string of the molecule is O=C(c1ccnc(O[C@H]2CCOC2)c1)N1CCC2(CCCC2)CC1. The molecule has 0 radical (unpaired) electrons. The molecule has 5 heteroatoms. The highest BCUT2D eigenvalue weighted by atomic mass is 16.5. The third-order valence-corrected chi connectivity index (χ3v) is 5.93. The van der Waals surface area contributed by atoms with Crippen LogP contribution < -0.4 is 4.74 Å². The van der Waals surface area contributed by atoms with Crippen LogP contribution in [0.2, 0.25) is 0 Å². The molecule has 3 aliphatic rings. The normalized spacial score (nSPS) is 26.0. The summed E-state index contributed by atoms with van der Waals surface area (Å²) in [4.78, 5) is 19.1. The molecule has 4 rings (SSSR count). The fraction of sp³-hybridized carbons (Fsp3) is 0.684. The van der Waals surface area contributed by atoms with Crippen LogP contribution in [0, 0.1) is 5.41 Å². The molecule has 3 fully saturated rings. The lowest BCUT2D eigenvalue weighted by Gasteiger charge is -2.39. The van der Waals surface area contributed by atoms with Gasteiger partial charge in [-0.2, -0.15) is 0 Å². The van der Waals surface area contributed by atoms with Crippen LogP contribution in [-0.2, 0) is 4.74 Å². The van der Waals surface area contributed by atoms with Gasteiger partial charge in [0.25, 0.3) is 5.91 Å². The van der Waals surface area contributed by atoms with Crippen molar-refractivity contribution < 1.29 is 14.3 Å². The highest BCUT2D eigenvalue weighted by Crippen LogP contribution is 2.46. The molecule has 0 unspecified atom stereocenters. The van der Waals surface area contributed by atoms with Crippen molar-refractivity contribution in [3.8, 4) is 5.88 Å². The molecule has 1 amide bonds. The topological polar surface area (TPSA) is 51.7 Å². The molecule has 5 nitrogen and oxygen atoms in total. The highest BCUT2D eigenvalue weighted by molar-refractivity contribution is 5.94. The Labute approximate surface area is 143 Å². The summed E-state index contributed by atoms with van der Waals surface area (Å²) in [7, 11) is 0. The van der Waals surface area contributed by atoms with E-state index in [0.29, 0.717) is 23.5 Å². The number of likely N-dealkylation sites (tertiary alicyclic amines) is 1. The third kappa shape index (κ3) is 3.27. The van der Waals surface area contributed by atoms with Crippen molar-refractivity contribution in [1.82, 2.24) is 9.88 Å². The molecule has 2 aliphatic heterocycles. The van der Waals surface area contributed by atoms with E-state index in [1.54, 1.807) is 18.3 Å². The summed E-state index contributed by atoms with van der Waals surface area (Å²) >= 11 is 0. The molecule has 3 heterocycles. The molecule has 0 aromatic carbocycles. The fourth-order valence-electron chi connectivity index (χ4n) is 4.38. The Morgan fingerprint density at radius 2 is 2.04 bits per heavy atom. The van der Waals surface area contributed by atoms with E-state index in [1.165, 1.54) is 25.7 Å². The lowest BCUT2D eigenvalue weighted by Crippen LogP contribution is -2.42. The lowest BCUT2D eigenvalue weighted by molar-refractivity contribution is 0.0586. The molecule has 1 aromatic heterocycles. The van der Waals surface area contributed by atoms with Crippen molar-refractivity contribution in [2.24, 2.45) is 5.41 Å². The van der Waals surface area contributed by atoms with Crippen LogP contribution in [0.3, 0.4) is 0 Å². The third-order valence-electron chi connectivity index (χ3n) is 5.93. The molecule has 1 spiro atoms. The second-order valence-electron chi connectivity index (χ2n) is 7.49. The van der Waals surface area contributed by atoms with E-state index in [0.717, 1.165) is 39.0 Å². The number of hydrogen-bond acceptors (Lipinski definition) is 4. The Kier molecular flexibility index (Phi) is 4.44. The first-order valence-electron chi connectivity index (χ1n) is 9.24. The van der Waals surface area contributed by atoms with Gasteiger partial charge in [-0.15, -0.1) is 0 Å². The minimum Gasteiger partial charge on any atom is -0.472 e. The molecule has 1 atom stereocenters. The zero-order chi connectivity index (χ0) is 16.4. The van der Waals surface area contributed by atoms with E-state index in [4.69, 9.17) is 9.47 Å². The van der Waals surface area contributed by atoms with Crippen LogP contribution in [0.25, 0.3) is 0 Å². The first-order valence-corrected chi connectivity index (χ1v) is 9.24. The molecule has 2 saturated heterocycles. The van der Waals surface area contributed by atoms with Gasteiger partial charge in [0.2, 0.25) is 5.88 Å². The van der Waals surface area contributed by atoms with Crippen LogP contribution in [0.15, 0.2) is 18.3 Å². The Bertz CT molecular complexity index is 582. The van der Waals surface area contributed by atoms with E-state index >= 15 is 0 Å². The summed E-state index contributed by atoms with van der Waals surface area (Å²) < 4.78 is 11.1. The van der Waals surface area contributed by atoms with Crippen molar-refractivity contribution in [3.63, 3.8) is 0 Å².